The fourth-order valence-corrected chi connectivity index (χ4v) is 3.76. The number of halogens is 2. The van der Waals surface area contributed by atoms with E-state index in [0.717, 1.165) is 0 Å². The molecule has 0 fully saturated rings. The topological polar surface area (TPSA) is 59.3 Å². The summed E-state index contributed by atoms with van der Waals surface area (Å²) in [6, 6.07) is 23.3. The van der Waals surface area contributed by atoms with Gasteiger partial charge in [-0.15, -0.1) is 0 Å². The van der Waals surface area contributed by atoms with Crippen molar-refractivity contribution in [2.75, 3.05) is 0 Å². The van der Waals surface area contributed by atoms with Gasteiger partial charge in [0.2, 0.25) is 6.10 Å². The van der Waals surface area contributed by atoms with E-state index in [9.17, 15) is 10.1 Å². The first-order chi connectivity index (χ1) is 14.9. The van der Waals surface area contributed by atoms with Crippen molar-refractivity contribution >= 4 is 29.2 Å². The summed E-state index contributed by atoms with van der Waals surface area (Å²) in [6.45, 7) is 3.79. The third-order valence-corrected chi connectivity index (χ3v) is 5.27. The van der Waals surface area contributed by atoms with Gasteiger partial charge in [0.05, 0.1) is 5.92 Å². The third kappa shape index (κ3) is 5.79. The fourth-order valence-electron chi connectivity index (χ4n) is 3.24. The third-order valence-electron chi connectivity index (χ3n) is 4.71. The number of nitrogens with zero attached hydrogens (tertiary/aromatic N) is 1. The minimum Gasteiger partial charge on any atom is -0.457 e. The van der Waals surface area contributed by atoms with Gasteiger partial charge in [-0.3, -0.25) is 4.79 Å². The highest BCUT2D eigenvalue weighted by Crippen LogP contribution is 2.35. The maximum atomic E-state index is 13.0. The number of benzene rings is 3. The molecule has 4 nitrogen and oxygen atoms in total. The second-order valence-electron chi connectivity index (χ2n) is 7.32. The van der Waals surface area contributed by atoms with Crippen LogP contribution >= 0.6 is 23.2 Å². The second kappa shape index (κ2) is 10.3. The van der Waals surface area contributed by atoms with Gasteiger partial charge in [-0.25, -0.2) is 0 Å². The molecule has 0 heterocycles. The molecule has 0 N–H and O–H groups in total. The van der Waals surface area contributed by atoms with Gasteiger partial charge in [-0.05, 0) is 47.9 Å². The Morgan fingerprint density at radius 1 is 0.935 bits per heavy atom. The van der Waals surface area contributed by atoms with Gasteiger partial charge >= 0.3 is 5.97 Å². The van der Waals surface area contributed by atoms with Crippen molar-refractivity contribution in [2.24, 2.45) is 5.92 Å². The van der Waals surface area contributed by atoms with Crippen molar-refractivity contribution in [1.29, 1.82) is 5.26 Å². The second-order valence-corrected chi connectivity index (χ2v) is 8.16. The first-order valence-corrected chi connectivity index (χ1v) is 10.5. The summed E-state index contributed by atoms with van der Waals surface area (Å²) in [4.78, 5) is 13.0. The fraction of sp³-hybridized carbons (Fsp3) is 0.200. The van der Waals surface area contributed by atoms with Crippen molar-refractivity contribution in [1.82, 2.24) is 0 Å². The number of carbonyl (C=O) groups is 1. The molecule has 6 heteroatoms. The Kier molecular flexibility index (Phi) is 7.57. The number of hydrogen-bond acceptors (Lipinski definition) is 4. The van der Waals surface area contributed by atoms with E-state index >= 15 is 0 Å². The van der Waals surface area contributed by atoms with E-state index in [1.54, 1.807) is 42.5 Å². The Morgan fingerprint density at radius 2 is 1.65 bits per heavy atom. The van der Waals surface area contributed by atoms with E-state index in [4.69, 9.17) is 32.7 Å². The van der Waals surface area contributed by atoms with E-state index in [1.807, 2.05) is 44.2 Å². The van der Waals surface area contributed by atoms with Crippen LogP contribution in [0.3, 0.4) is 0 Å². The Labute approximate surface area is 191 Å². The van der Waals surface area contributed by atoms with Crippen molar-refractivity contribution in [2.45, 2.75) is 25.9 Å². The minimum absolute atomic E-state index is 0.0988. The zero-order chi connectivity index (χ0) is 22.4. The van der Waals surface area contributed by atoms with Crippen LogP contribution < -0.4 is 4.74 Å². The van der Waals surface area contributed by atoms with E-state index in [-0.39, 0.29) is 5.92 Å². The molecule has 0 aliphatic rings. The van der Waals surface area contributed by atoms with E-state index in [2.05, 4.69) is 6.07 Å². The molecule has 31 heavy (non-hydrogen) atoms. The zero-order valence-corrected chi connectivity index (χ0v) is 18.6. The van der Waals surface area contributed by atoms with Crippen LogP contribution in [0.4, 0.5) is 0 Å². The highest BCUT2D eigenvalue weighted by atomic mass is 35.5. The minimum atomic E-state index is -1.08. The lowest BCUT2D eigenvalue weighted by atomic mass is 9.88. The lowest BCUT2D eigenvalue weighted by Gasteiger charge is -2.23. The molecule has 158 valence electrons. The number of ether oxygens (including phenoxy) is 2. The predicted octanol–water partition coefficient (Wildman–Crippen LogP) is 7.33. The molecule has 3 aromatic carbocycles. The molecule has 3 rings (SSSR count). The molecule has 0 radical (unpaired) electrons. The molecule has 0 amide bonds. The SMILES string of the molecule is CC(C)C(C(=O)OC(C#N)c1cccc(Oc2ccccc2)c1)c1ccc(Cl)cc1Cl. The first-order valence-electron chi connectivity index (χ1n) is 9.77. The van der Waals surface area contributed by atoms with Gasteiger partial charge < -0.3 is 9.47 Å². The van der Waals surface area contributed by atoms with E-state index in [0.29, 0.717) is 32.7 Å². The lowest BCUT2D eigenvalue weighted by molar-refractivity contribution is -0.150. The van der Waals surface area contributed by atoms with Crippen molar-refractivity contribution in [3.05, 3.63) is 94.0 Å². The molecule has 2 unspecified atom stereocenters. The van der Waals surface area contributed by atoms with E-state index in [1.165, 1.54) is 0 Å². The molecule has 0 spiro atoms. The average Bonchev–Trinajstić information content (AvgIpc) is 2.74. The Hall–Kier alpha value is -3.00. The Bertz CT molecular complexity index is 1090. The smallest absolute Gasteiger partial charge is 0.315 e. The summed E-state index contributed by atoms with van der Waals surface area (Å²) in [5.41, 5.74) is 1.14. The van der Waals surface area contributed by atoms with Gasteiger partial charge in [0, 0.05) is 15.6 Å². The summed E-state index contributed by atoms with van der Waals surface area (Å²) in [7, 11) is 0. The molecule has 0 saturated heterocycles. The molecule has 0 aliphatic heterocycles. The molecule has 0 aromatic heterocycles. The molecule has 0 bridgehead atoms. The van der Waals surface area contributed by atoms with Crippen LogP contribution in [-0.4, -0.2) is 5.97 Å². The van der Waals surface area contributed by atoms with Crippen LogP contribution in [0.25, 0.3) is 0 Å². The average molecular weight is 454 g/mol. The molecular weight excluding hydrogens is 433 g/mol. The van der Waals surface area contributed by atoms with Crippen LogP contribution in [0.15, 0.2) is 72.8 Å². The van der Waals surface area contributed by atoms with Gasteiger partial charge in [-0.1, -0.05) is 73.4 Å². The summed E-state index contributed by atoms with van der Waals surface area (Å²) in [5, 5.41) is 10.5. The summed E-state index contributed by atoms with van der Waals surface area (Å²) in [5.74, 6) is -0.0497. The van der Waals surface area contributed by atoms with Crippen LogP contribution in [0.5, 0.6) is 11.5 Å². The lowest BCUT2D eigenvalue weighted by Crippen LogP contribution is -2.23. The standard InChI is InChI=1S/C25H21Cl2NO3/c1-16(2)24(21-12-11-18(26)14-22(21)27)25(29)31-23(15-28)17-7-6-10-20(13-17)30-19-8-4-3-5-9-19/h3-14,16,23-24H,1-2H3. The van der Waals surface area contributed by atoms with Crippen LogP contribution in [0.1, 0.15) is 37.0 Å². The predicted molar refractivity (Wildman–Crippen MR) is 121 cm³/mol. The normalized spacial score (nSPS) is 12.6. The summed E-state index contributed by atoms with van der Waals surface area (Å²) < 4.78 is 11.4. The van der Waals surface area contributed by atoms with Crippen LogP contribution in [0.2, 0.25) is 10.0 Å². The largest absolute Gasteiger partial charge is 0.457 e. The summed E-state index contributed by atoms with van der Waals surface area (Å²) in [6.07, 6.45) is -1.08. The number of hydrogen-bond donors (Lipinski definition) is 0. The van der Waals surface area contributed by atoms with Crippen molar-refractivity contribution in [3.8, 4) is 17.6 Å². The van der Waals surface area contributed by atoms with Crippen LogP contribution in [0, 0.1) is 17.2 Å². The monoisotopic (exact) mass is 453 g/mol. The van der Waals surface area contributed by atoms with Crippen LogP contribution in [-0.2, 0) is 9.53 Å². The first kappa shape index (κ1) is 22.7. The quantitative estimate of drug-likeness (QED) is 0.351. The highest BCUT2D eigenvalue weighted by molar-refractivity contribution is 6.35. The number of carbonyl (C=O) groups excluding carboxylic acids is 1. The Morgan fingerprint density at radius 3 is 2.29 bits per heavy atom. The zero-order valence-electron chi connectivity index (χ0n) is 17.1. The maximum Gasteiger partial charge on any atom is 0.315 e. The van der Waals surface area contributed by atoms with Gasteiger partial charge in [0.15, 0.2) is 0 Å². The van der Waals surface area contributed by atoms with Gasteiger partial charge in [0.25, 0.3) is 0 Å². The molecule has 3 aromatic rings. The molecular formula is C25H21Cl2NO3. The number of esters is 1. The Balaban J connectivity index is 1.81. The number of nitriles is 1. The highest BCUT2D eigenvalue weighted by Gasteiger charge is 2.30. The van der Waals surface area contributed by atoms with Crippen molar-refractivity contribution in [3.63, 3.8) is 0 Å². The van der Waals surface area contributed by atoms with Crippen molar-refractivity contribution < 1.29 is 14.3 Å². The summed E-state index contributed by atoms with van der Waals surface area (Å²) >= 11 is 12.3. The molecule has 0 aliphatic carbocycles. The number of rotatable bonds is 7. The van der Waals surface area contributed by atoms with E-state index < -0.39 is 18.0 Å². The maximum absolute atomic E-state index is 13.0. The molecule has 2 atom stereocenters. The van der Waals surface area contributed by atoms with Gasteiger partial charge in [-0.2, -0.15) is 5.26 Å². The van der Waals surface area contributed by atoms with Gasteiger partial charge in [0.1, 0.15) is 17.6 Å². The molecule has 0 saturated carbocycles. The number of para-hydroxylation sites is 1.